The van der Waals surface area contributed by atoms with Gasteiger partial charge in [0.15, 0.2) is 6.10 Å². The van der Waals surface area contributed by atoms with E-state index in [4.69, 9.17) is 14.2 Å². The molecular formula is C12H20O6. The zero-order chi connectivity index (χ0) is 13.9. The van der Waals surface area contributed by atoms with E-state index in [1.54, 1.807) is 0 Å². The minimum atomic E-state index is -0.835. The lowest BCUT2D eigenvalue weighted by molar-refractivity contribution is -0.219. The highest BCUT2D eigenvalue weighted by Gasteiger charge is 2.43. The summed E-state index contributed by atoms with van der Waals surface area (Å²) in [6.07, 6.45) is -2.49. The molecule has 1 rings (SSSR count). The summed E-state index contributed by atoms with van der Waals surface area (Å²) in [6, 6.07) is 0. The maximum atomic E-state index is 11.0. The minimum absolute atomic E-state index is 0.0403. The molecule has 1 N–H and O–H groups in total. The Labute approximate surface area is 106 Å². The molecular weight excluding hydrogens is 240 g/mol. The summed E-state index contributed by atoms with van der Waals surface area (Å²) in [7, 11) is 0. The third-order valence-corrected chi connectivity index (χ3v) is 3.12. The molecule has 1 fully saturated rings. The second-order valence-electron chi connectivity index (χ2n) is 4.61. The summed E-state index contributed by atoms with van der Waals surface area (Å²) in [5.74, 6) is -1.11. The van der Waals surface area contributed by atoms with E-state index in [9.17, 15) is 14.7 Å². The van der Waals surface area contributed by atoms with Crippen LogP contribution in [0.25, 0.3) is 0 Å². The van der Waals surface area contributed by atoms with Crippen LogP contribution in [0.3, 0.4) is 0 Å². The number of hydrogen-bond acceptors (Lipinski definition) is 6. The van der Waals surface area contributed by atoms with E-state index in [0.29, 0.717) is 0 Å². The molecule has 1 saturated heterocycles. The Kier molecular flexibility index (Phi) is 5.10. The van der Waals surface area contributed by atoms with Gasteiger partial charge in [0.05, 0.1) is 12.2 Å². The van der Waals surface area contributed by atoms with Gasteiger partial charge in [0.2, 0.25) is 0 Å². The summed E-state index contributed by atoms with van der Waals surface area (Å²) in [5, 5.41) is 10.1. The van der Waals surface area contributed by atoms with Crippen LogP contribution in [0.2, 0.25) is 0 Å². The molecule has 1 heterocycles. The molecule has 18 heavy (non-hydrogen) atoms. The van der Waals surface area contributed by atoms with Crippen molar-refractivity contribution in [3.8, 4) is 0 Å². The minimum Gasteiger partial charge on any atom is -0.463 e. The Balaban J connectivity index is 2.75. The average molecular weight is 260 g/mol. The Hall–Kier alpha value is -1.14. The van der Waals surface area contributed by atoms with E-state index in [0.717, 1.165) is 0 Å². The Morgan fingerprint density at radius 2 is 1.83 bits per heavy atom. The molecule has 0 saturated carbocycles. The fraction of sp³-hybridized carbons (Fsp3) is 0.833. The maximum Gasteiger partial charge on any atom is 0.303 e. The van der Waals surface area contributed by atoms with Gasteiger partial charge in [-0.1, -0.05) is 6.92 Å². The molecule has 0 radical (unpaired) electrons. The summed E-state index contributed by atoms with van der Waals surface area (Å²) in [4.78, 5) is 21.8. The lowest BCUT2D eigenvalue weighted by Gasteiger charge is -2.41. The first-order valence-corrected chi connectivity index (χ1v) is 5.97. The van der Waals surface area contributed by atoms with Gasteiger partial charge in [-0.05, 0) is 6.92 Å². The molecule has 6 nitrogen and oxygen atoms in total. The fourth-order valence-electron chi connectivity index (χ4n) is 1.94. The Morgan fingerprint density at radius 3 is 2.33 bits per heavy atom. The van der Waals surface area contributed by atoms with Gasteiger partial charge in [-0.3, -0.25) is 9.59 Å². The lowest BCUT2D eigenvalue weighted by Crippen LogP contribution is -2.55. The van der Waals surface area contributed by atoms with Crippen molar-refractivity contribution in [2.24, 2.45) is 5.92 Å². The summed E-state index contributed by atoms with van der Waals surface area (Å²) in [6.45, 7) is 6.14. The van der Waals surface area contributed by atoms with Gasteiger partial charge in [-0.15, -0.1) is 0 Å². The standard InChI is InChI=1S/C12H20O6/c1-6-7(2)17-10(5-16-8(3)13)12(11(6)15)18-9(4)14/h6-7,10-12,15H,5H2,1-4H3/t6?,7-,10?,11?,12-/m0/s1. The molecule has 0 spiro atoms. The highest BCUT2D eigenvalue weighted by atomic mass is 16.6. The van der Waals surface area contributed by atoms with Gasteiger partial charge in [0, 0.05) is 19.8 Å². The van der Waals surface area contributed by atoms with Crippen molar-refractivity contribution >= 4 is 11.9 Å². The summed E-state index contributed by atoms with van der Waals surface area (Å²) in [5.41, 5.74) is 0. The number of carbonyl (C=O) groups is 2. The smallest absolute Gasteiger partial charge is 0.303 e. The van der Waals surface area contributed by atoms with Gasteiger partial charge in [-0.2, -0.15) is 0 Å². The maximum absolute atomic E-state index is 11.0. The highest BCUT2D eigenvalue weighted by Crippen LogP contribution is 2.28. The van der Waals surface area contributed by atoms with Crippen LogP contribution in [0.15, 0.2) is 0 Å². The number of rotatable bonds is 3. The zero-order valence-electron chi connectivity index (χ0n) is 11.1. The van der Waals surface area contributed by atoms with Crippen molar-refractivity contribution in [2.45, 2.75) is 52.1 Å². The molecule has 0 aromatic rings. The molecule has 3 unspecified atom stereocenters. The van der Waals surface area contributed by atoms with Crippen molar-refractivity contribution in [2.75, 3.05) is 6.61 Å². The normalized spacial score (nSPS) is 35.9. The second-order valence-corrected chi connectivity index (χ2v) is 4.61. The van der Waals surface area contributed by atoms with Crippen molar-refractivity contribution < 1.29 is 28.9 Å². The molecule has 0 aliphatic carbocycles. The molecule has 0 aromatic carbocycles. The van der Waals surface area contributed by atoms with Crippen LogP contribution < -0.4 is 0 Å². The number of ether oxygens (including phenoxy) is 3. The van der Waals surface area contributed by atoms with E-state index in [-0.39, 0.29) is 18.6 Å². The predicted octanol–water partition coefficient (Wildman–Crippen LogP) is 0.265. The Bertz CT molecular complexity index is 316. The first-order chi connectivity index (χ1) is 8.32. The predicted molar refractivity (Wildman–Crippen MR) is 61.7 cm³/mol. The molecule has 0 bridgehead atoms. The topological polar surface area (TPSA) is 82.1 Å². The largest absolute Gasteiger partial charge is 0.463 e. The molecule has 5 atom stereocenters. The van der Waals surface area contributed by atoms with Crippen LogP contribution in [0, 0.1) is 5.92 Å². The van der Waals surface area contributed by atoms with Gasteiger partial charge in [-0.25, -0.2) is 0 Å². The first-order valence-electron chi connectivity index (χ1n) is 5.97. The lowest BCUT2D eigenvalue weighted by atomic mass is 9.89. The molecule has 104 valence electrons. The Morgan fingerprint density at radius 1 is 1.22 bits per heavy atom. The number of aliphatic hydroxyl groups excluding tert-OH is 1. The number of hydrogen-bond donors (Lipinski definition) is 1. The van der Waals surface area contributed by atoms with Crippen LogP contribution in [-0.4, -0.2) is 48.1 Å². The first kappa shape index (κ1) is 14.9. The van der Waals surface area contributed by atoms with Gasteiger partial charge < -0.3 is 19.3 Å². The zero-order valence-corrected chi connectivity index (χ0v) is 11.1. The van der Waals surface area contributed by atoms with E-state index in [1.165, 1.54) is 13.8 Å². The SMILES string of the molecule is CC(=O)OCC1O[C@@H](C)C(C)C(O)[C@H]1OC(C)=O. The van der Waals surface area contributed by atoms with Crippen molar-refractivity contribution in [1.29, 1.82) is 0 Å². The number of carbonyl (C=O) groups excluding carboxylic acids is 2. The van der Waals surface area contributed by atoms with Crippen molar-refractivity contribution in [1.82, 2.24) is 0 Å². The van der Waals surface area contributed by atoms with Crippen LogP contribution in [0.5, 0.6) is 0 Å². The molecule has 0 amide bonds. The molecule has 1 aliphatic rings. The van der Waals surface area contributed by atoms with Crippen molar-refractivity contribution in [3.63, 3.8) is 0 Å². The number of esters is 2. The van der Waals surface area contributed by atoms with Crippen LogP contribution in [0.4, 0.5) is 0 Å². The van der Waals surface area contributed by atoms with Crippen LogP contribution in [0.1, 0.15) is 27.7 Å². The summed E-state index contributed by atoms with van der Waals surface area (Å²) >= 11 is 0. The fourth-order valence-corrected chi connectivity index (χ4v) is 1.94. The van der Waals surface area contributed by atoms with Gasteiger partial charge in [0.25, 0.3) is 0 Å². The highest BCUT2D eigenvalue weighted by molar-refractivity contribution is 5.66. The van der Waals surface area contributed by atoms with Crippen LogP contribution >= 0.6 is 0 Å². The summed E-state index contributed by atoms with van der Waals surface area (Å²) < 4.78 is 15.5. The van der Waals surface area contributed by atoms with Crippen LogP contribution in [-0.2, 0) is 23.8 Å². The van der Waals surface area contributed by atoms with E-state index in [2.05, 4.69) is 0 Å². The second kappa shape index (κ2) is 6.15. The quantitative estimate of drug-likeness (QED) is 0.733. The van der Waals surface area contributed by atoms with E-state index in [1.807, 2.05) is 13.8 Å². The van der Waals surface area contributed by atoms with E-state index < -0.39 is 30.3 Å². The average Bonchev–Trinajstić information content (AvgIpc) is 2.27. The van der Waals surface area contributed by atoms with Gasteiger partial charge >= 0.3 is 11.9 Å². The number of aliphatic hydroxyl groups is 1. The molecule has 0 aromatic heterocycles. The third-order valence-electron chi connectivity index (χ3n) is 3.12. The third kappa shape index (κ3) is 3.68. The van der Waals surface area contributed by atoms with Crippen molar-refractivity contribution in [3.05, 3.63) is 0 Å². The molecule has 1 aliphatic heterocycles. The van der Waals surface area contributed by atoms with E-state index >= 15 is 0 Å². The molecule has 6 heteroatoms. The monoisotopic (exact) mass is 260 g/mol. The van der Waals surface area contributed by atoms with Gasteiger partial charge in [0.1, 0.15) is 12.7 Å².